The van der Waals surface area contributed by atoms with Crippen LogP contribution in [0.3, 0.4) is 0 Å². The van der Waals surface area contributed by atoms with Crippen molar-refractivity contribution < 1.29 is 9.47 Å². The van der Waals surface area contributed by atoms with E-state index in [0.29, 0.717) is 13.2 Å². The van der Waals surface area contributed by atoms with Crippen LogP contribution in [0.2, 0.25) is 0 Å². The van der Waals surface area contributed by atoms with Crippen molar-refractivity contribution in [3.8, 4) is 11.5 Å². The molecule has 2 aliphatic heterocycles. The van der Waals surface area contributed by atoms with Crippen molar-refractivity contribution >= 4 is 11.6 Å². The molecule has 5 heteroatoms. The first-order chi connectivity index (χ1) is 8.34. The van der Waals surface area contributed by atoms with Crippen LogP contribution in [0.5, 0.6) is 11.5 Å². The minimum Gasteiger partial charge on any atom is -0.486 e. The summed E-state index contributed by atoms with van der Waals surface area (Å²) < 4.78 is 11.2. The summed E-state index contributed by atoms with van der Waals surface area (Å²) >= 11 is 0. The van der Waals surface area contributed by atoms with E-state index in [1.54, 1.807) is 0 Å². The standard InChI is InChI=1S/C12H15N3O2/c1-8-9(15-12-13-4-5-14-12)2-3-10-11(8)17-7-6-16-10/h2-3H,4-7H2,1H3,(H2,13,14,15). The number of ether oxygens (including phenoxy) is 2. The summed E-state index contributed by atoms with van der Waals surface area (Å²) in [6.07, 6.45) is 0. The smallest absolute Gasteiger partial charge is 0.195 e. The number of hydrogen-bond donors (Lipinski definition) is 2. The van der Waals surface area contributed by atoms with E-state index in [0.717, 1.165) is 41.8 Å². The number of anilines is 1. The fraction of sp³-hybridized carbons (Fsp3) is 0.417. The summed E-state index contributed by atoms with van der Waals surface area (Å²) in [6, 6.07) is 3.92. The summed E-state index contributed by atoms with van der Waals surface area (Å²) in [7, 11) is 0. The minimum atomic E-state index is 0.608. The molecule has 0 radical (unpaired) electrons. The Bertz CT molecular complexity index is 471. The third-order valence-corrected chi connectivity index (χ3v) is 2.88. The lowest BCUT2D eigenvalue weighted by atomic mass is 10.1. The molecule has 2 aliphatic rings. The molecule has 5 nitrogen and oxygen atoms in total. The Balaban J connectivity index is 1.89. The zero-order valence-electron chi connectivity index (χ0n) is 9.75. The lowest BCUT2D eigenvalue weighted by Crippen LogP contribution is -2.26. The molecule has 0 bridgehead atoms. The van der Waals surface area contributed by atoms with Crippen LogP contribution in [-0.2, 0) is 0 Å². The first-order valence-electron chi connectivity index (χ1n) is 5.79. The van der Waals surface area contributed by atoms with E-state index in [1.807, 2.05) is 19.1 Å². The molecular weight excluding hydrogens is 218 g/mol. The van der Waals surface area contributed by atoms with E-state index in [9.17, 15) is 0 Å². The van der Waals surface area contributed by atoms with Crippen molar-refractivity contribution in [3.05, 3.63) is 17.7 Å². The molecule has 17 heavy (non-hydrogen) atoms. The molecule has 0 amide bonds. The molecule has 0 atom stereocenters. The molecule has 0 saturated heterocycles. The van der Waals surface area contributed by atoms with Gasteiger partial charge >= 0.3 is 0 Å². The van der Waals surface area contributed by atoms with Crippen LogP contribution >= 0.6 is 0 Å². The van der Waals surface area contributed by atoms with Crippen molar-refractivity contribution in [1.82, 2.24) is 5.32 Å². The predicted octanol–water partition coefficient (Wildman–Crippen LogP) is 1.14. The molecule has 0 saturated carbocycles. The van der Waals surface area contributed by atoms with Crippen molar-refractivity contribution in [2.75, 3.05) is 31.6 Å². The largest absolute Gasteiger partial charge is 0.486 e. The van der Waals surface area contributed by atoms with E-state index in [1.165, 1.54) is 0 Å². The molecule has 0 unspecified atom stereocenters. The monoisotopic (exact) mass is 233 g/mol. The average molecular weight is 233 g/mol. The lowest BCUT2D eigenvalue weighted by molar-refractivity contribution is 0.170. The van der Waals surface area contributed by atoms with Gasteiger partial charge in [-0.3, -0.25) is 4.99 Å². The van der Waals surface area contributed by atoms with E-state index in [4.69, 9.17) is 9.47 Å². The lowest BCUT2D eigenvalue weighted by Gasteiger charge is -2.22. The quantitative estimate of drug-likeness (QED) is 0.763. The molecule has 2 heterocycles. The number of nitrogens with zero attached hydrogens (tertiary/aromatic N) is 1. The number of guanidine groups is 1. The number of nitrogens with one attached hydrogen (secondary N) is 2. The molecule has 1 aromatic carbocycles. The molecule has 0 aromatic heterocycles. The molecule has 90 valence electrons. The van der Waals surface area contributed by atoms with Crippen molar-refractivity contribution in [1.29, 1.82) is 0 Å². The zero-order chi connectivity index (χ0) is 11.7. The first-order valence-corrected chi connectivity index (χ1v) is 5.79. The Hall–Kier alpha value is -1.91. The summed E-state index contributed by atoms with van der Waals surface area (Å²) in [5.41, 5.74) is 2.06. The fourth-order valence-corrected chi connectivity index (χ4v) is 2.00. The Labute approximate surface area is 99.8 Å². The summed E-state index contributed by atoms with van der Waals surface area (Å²) in [4.78, 5) is 4.31. The average Bonchev–Trinajstić information content (AvgIpc) is 2.86. The van der Waals surface area contributed by atoms with Crippen LogP contribution in [0.15, 0.2) is 17.1 Å². The van der Waals surface area contributed by atoms with Gasteiger partial charge in [0.05, 0.1) is 6.54 Å². The zero-order valence-corrected chi connectivity index (χ0v) is 9.75. The van der Waals surface area contributed by atoms with Crippen LogP contribution in [0, 0.1) is 6.92 Å². The van der Waals surface area contributed by atoms with Crippen LogP contribution in [0.25, 0.3) is 0 Å². The first kappa shape index (κ1) is 10.3. The van der Waals surface area contributed by atoms with Gasteiger partial charge in [-0.15, -0.1) is 0 Å². The van der Waals surface area contributed by atoms with Crippen LogP contribution in [-0.4, -0.2) is 32.3 Å². The second kappa shape index (κ2) is 4.16. The van der Waals surface area contributed by atoms with Crippen molar-refractivity contribution in [3.63, 3.8) is 0 Å². The summed E-state index contributed by atoms with van der Waals surface area (Å²) in [6.45, 7) is 4.97. The van der Waals surface area contributed by atoms with E-state index >= 15 is 0 Å². The number of fused-ring (bicyclic) bond motifs is 1. The topological polar surface area (TPSA) is 54.9 Å². The number of aliphatic imine (C=N–C) groups is 1. The molecular formula is C12H15N3O2. The second-order valence-electron chi connectivity index (χ2n) is 4.04. The van der Waals surface area contributed by atoms with E-state index in [2.05, 4.69) is 15.6 Å². The van der Waals surface area contributed by atoms with Gasteiger partial charge in [-0.05, 0) is 19.1 Å². The molecule has 0 fully saturated rings. The maximum atomic E-state index is 5.63. The summed E-state index contributed by atoms with van der Waals surface area (Å²) in [5, 5.41) is 6.44. The van der Waals surface area contributed by atoms with E-state index < -0.39 is 0 Å². The van der Waals surface area contributed by atoms with Crippen LogP contribution < -0.4 is 20.1 Å². The number of benzene rings is 1. The van der Waals surface area contributed by atoms with Gasteiger partial charge in [-0.25, -0.2) is 0 Å². The molecule has 1 aromatic rings. The predicted molar refractivity (Wildman–Crippen MR) is 66.1 cm³/mol. The highest BCUT2D eigenvalue weighted by Gasteiger charge is 2.17. The van der Waals surface area contributed by atoms with Gasteiger partial charge in [-0.2, -0.15) is 0 Å². The third kappa shape index (κ3) is 1.88. The molecule has 3 rings (SSSR count). The Morgan fingerprint density at radius 1 is 1.29 bits per heavy atom. The van der Waals surface area contributed by atoms with Gasteiger partial charge < -0.3 is 20.1 Å². The van der Waals surface area contributed by atoms with Crippen molar-refractivity contribution in [2.45, 2.75) is 6.92 Å². The number of rotatable bonds is 1. The fourth-order valence-electron chi connectivity index (χ4n) is 2.00. The van der Waals surface area contributed by atoms with Gasteiger partial charge in [0.15, 0.2) is 17.5 Å². The SMILES string of the molecule is Cc1c(NC2=NCCN2)ccc2c1OCCO2. The normalized spacial score (nSPS) is 17.4. The third-order valence-electron chi connectivity index (χ3n) is 2.88. The van der Waals surface area contributed by atoms with Gasteiger partial charge in [0.2, 0.25) is 0 Å². The minimum absolute atomic E-state index is 0.608. The highest BCUT2D eigenvalue weighted by Crippen LogP contribution is 2.37. The van der Waals surface area contributed by atoms with E-state index in [-0.39, 0.29) is 0 Å². The molecule has 0 spiro atoms. The Morgan fingerprint density at radius 3 is 3.00 bits per heavy atom. The van der Waals surface area contributed by atoms with Crippen LogP contribution in [0.1, 0.15) is 5.56 Å². The van der Waals surface area contributed by atoms with Gasteiger partial charge in [-0.1, -0.05) is 0 Å². The number of hydrogen-bond acceptors (Lipinski definition) is 5. The Morgan fingerprint density at radius 2 is 2.18 bits per heavy atom. The maximum Gasteiger partial charge on any atom is 0.195 e. The molecule has 0 aliphatic carbocycles. The highest BCUT2D eigenvalue weighted by atomic mass is 16.6. The highest BCUT2D eigenvalue weighted by molar-refractivity contribution is 5.95. The summed E-state index contributed by atoms with van der Waals surface area (Å²) in [5.74, 6) is 2.48. The van der Waals surface area contributed by atoms with Gasteiger partial charge in [0.25, 0.3) is 0 Å². The van der Waals surface area contributed by atoms with Crippen LogP contribution in [0.4, 0.5) is 5.69 Å². The van der Waals surface area contributed by atoms with Gasteiger partial charge in [0.1, 0.15) is 13.2 Å². The van der Waals surface area contributed by atoms with Crippen molar-refractivity contribution in [2.24, 2.45) is 4.99 Å². The van der Waals surface area contributed by atoms with Gasteiger partial charge in [0, 0.05) is 17.8 Å². The Kier molecular flexibility index (Phi) is 2.51. The molecule has 2 N–H and O–H groups in total. The maximum absolute atomic E-state index is 5.63. The second-order valence-corrected chi connectivity index (χ2v) is 4.04.